The summed E-state index contributed by atoms with van der Waals surface area (Å²) in [5, 5.41) is 5.40. The zero-order valence-electron chi connectivity index (χ0n) is 12.4. The van der Waals surface area contributed by atoms with Gasteiger partial charge in [0.05, 0.1) is 6.04 Å². The van der Waals surface area contributed by atoms with Crippen LogP contribution in [0.1, 0.15) is 47.5 Å². The van der Waals surface area contributed by atoms with Gasteiger partial charge in [-0.25, -0.2) is 0 Å². The SMILES string of the molecule is CC(C)C(NC(=O)C1CCC(=O)N1)C(=O)C(C)(C)C. The number of amides is 2. The molecule has 0 aromatic carbocycles. The van der Waals surface area contributed by atoms with Crippen molar-refractivity contribution in [1.82, 2.24) is 10.6 Å². The average molecular weight is 268 g/mol. The van der Waals surface area contributed by atoms with Gasteiger partial charge in [-0.15, -0.1) is 0 Å². The van der Waals surface area contributed by atoms with Crippen LogP contribution in [0.3, 0.4) is 0 Å². The lowest BCUT2D eigenvalue weighted by atomic mass is 9.82. The predicted octanol–water partition coefficient (Wildman–Crippen LogP) is 1.02. The van der Waals surface area contributed by atoms with Gasteiger partial charge in [0.1, 0.15) is 6.04 Å². The molecule has 0 aromatic rings. The molecule has 0 saturated carbocycles. The lowest BCUT2D eigenvalue weighted by Crippen LogP contribution is -2.53. The van der Waals surface area contributed by atoms with E-state index in [9.17, 15) is 14.4 Å². The zero-order valence-corrected chi connectivity index (χ0v) is 12.4. The second-order valence-electron chi connectivity index (χ2n) is 6.50. The monoisotopic (exact) mass is 268 g/mol. The van der Waals surface area contributed by atoms with Gasteiger partial charge in [0.15, 0.2) is 5.78 Å². The summed E-state index contributed by atoms with van der Waals surface area (Å²) in [7, 11) is 0. The maximum Gasteiger partial charge on any atom is 0.243 e. The number of Topliss-reactive ketones (excluding diaryl/α,β-unsaturated/α-hetero) is 1. The highest BCUT2D eigenvalue weighted by Gasteiger charge is 2.35. The van der Waals surface area contributed by atoms with Crippen molar-refractivity contribution in [2.24, 2.45) is 11.3 Å². The van der Waals surface area contributed by atoms with Crippen LogP contribution < -0.4 is 10.6 Å². The first kappa shape index (κ1) is 15.7. The van der Waals surface area contributed by atoms with E-state index in [1.54, 1.807) is 0 Å². The fraction of sp³-hybridized carbons (Fsp3) is 0.786. The molecule has 2 atom stereocenters. The predicted molar refractivity (Wildman–Crippen MR) is 72.4 cm³/mol. The smallest absolute Gasteiger partial charge is 0.243 e. The second-order valence-corrected chi connectivity index (χ2v) is 6.50. The van der Waals surface area contributed by atoms with Crippen molar-refractivity contribution in [2.45, 2.75) is 59.5 Å². The summed E-state index contributed by atoms with van der Waals surface area (Å²) >= 11 is 0. The van der Waals surface area contributed by atoms with Crippen LogP contribution in [0.5, 0.6) is 0 Å². The lowest BCUT2D eigenvalue weighted by molar-refractivity contribution is -0.134. The van der Waals surface area contributed by atoms with E-state index in [-0.39, 0.29) is 23.5 Å². The molecular formula is C14H24N2O3. The second kappa shape index (κ2) is 5.72. The van der Waals surface area contributed by atoms with Crippen molar-refractivity contribution in [2.75, 3.05) is 0 Å². The number of hydrogen-bond donors (Lipinski definition) is 2. The molecule has 1 heterocycles. The Balaban J connectivity index is 2.72. The third-order valence-electron chi connectivity index (χ3n) is 3.30. The van der Waals surface area contributed by atoms with Crippen LogP contribution in [0.2, 0.25) is 0 Å². The van der Waals surface area contributed by atoms with E-state index in [2.05, 4.69) is 10.6 Å². The van der Waals surface area contributed by atoms with Gasteiger partial charge in [0, 0.05) is 11.8 Å². The fourth-order valence-electron chi connectivity index (χ4n) is 2.07. The normalized spacial score (nSPS) is 21.2. The first-order valence-electron chi connectivity index (χ1n) is 6.77. The molecule has 2 N–H and O–H groups in total. The molecule has 0 radical (unpaired) electrons. The zero-order chi connectivity index (χ0) is 14.8. The summed E-state index contributed by atoms with van der Waals surface area (Å²) in [6.07, 6.45) is 0.872. The molecule has 0 aliphatic carbocycles. The summed E-state index contributed by atoms with van der Waals surface area (Å²) < 4.78 is 0. The van der Waals surface area contributed by atoms with Crippen LogP contribution >= 0.6 is 0 Å². The van der Waals surface area contributed by atoms with Crippen LogP contribution in [-0.4, -0.2) is 29.7 Å². The van der Waals surface area contributed by atoms with Crippen molar-refractivity contribution in [3.8, 4) is 0 Å². The van der Waals surface area contributed by atoms with E-state index < -0.39 is 17.5 Å². The number of hydrogen-bond acceptors (Lipinski definition) is 3. The summed E-state index contributed by atoms with van der Waals surface area (Å²) in [5.74, 6) is -0.335. The Morgan fingerprint density at radius 1 is 1.32 bits per heavy atom. The van der Waals surface area contributed by atoms with Gasteiger partial charge < -0.3 is 10.6 Å². The molecule has 5 heteroatoms. The molecule has 5 nitrogen and oxygen atoms in total. The lowest BCUT2D eigenvalue weighted by Gasteiger charge is -2.29. The Bertz CT molecular complexity index is 383. The van der Waals surface area contributed by atoms with Gasteiger partial charge in [0.25, 0.3) is 0 Å². The molecule has 2 unspecified atom stereocenters. The van der Waals surface area contributed by atoms with Gasteiger partial charge >= 0.3 is 0 Å². The molecule has 1 saturated heterocycles. The van der Waals surface area contributed by atoms with Crippen LogP contribution in [0.15, 0.2) is 0 Å². The molecule has 0 spiro atoms. The minimum atomic E-state index is -0.509. The van der Waals surface area contributed by atoms with E-state index in [0.717, 1.165) is 0 Å². The van der Waals surface area contributed by atoms with E-state index in [0.29, 0.717) is 12.8 Å². The van der Waals surface area contributed by atoms with Crippen LogP contribution in [0, 0.1) is 11.3 Å². The first-order chi connectivity index (χ1) is 8.62. The number of carbonyl (C=O) groups excluding carboxylic acids is 3. The highest BCUT2D eigenvalue weighted by atomic mass is 16.2. The highest BCUT2D eigenvalue weighted by molar-refractivity contribution is 5.96. The minimum absolute atomic E-state index is 0.0140. The van der Waals surface area contributed by atoms with Gasteiger partial charge in [-0.1, -0.05) is 34.6 Å². The van der Waals surface area contributed by atoms with E-state index >= 15 is 0 Å². The van der Waals surface area contributed by atoms with Gasteiger partial charge in [-0.2, -0.15) is 0 Å². The summed E-state index contributed by atoms with van der Waals surface area (Å²) in [4.78, 5) is 35.5. The molecule has 0 bridgehead atoms. The number of ketones is 1. The van der Waals surface area contributed by atoms with E-state index in [1.807, 2.05) is 34.6 Å². The van der Waals surface area contributed by atoms with Crippen LogP contribution in [0.25, 0.3) is 0 Å². The van der Waals surface area contributed by atoms with E-state index in [4.69, 9.17) is 0 Å². The topological polar surface area (TPSA) is 75.3 Å². The van der Waals surface area contributed by atoms with Crippen LogP contribution in [-0.2, 0) is 14.4 Å². The van der Waals surface area contributed by atoms with E-state index in [1.165, 1.54) is 0 Å². The van der Waals surface area contributed by atoms with Gasteiger partial charge in [-0.05, 0) is 12.3 Å². The molecule has 1 fully saturated rings. The Morgan fingerprint density at radius 3 is 2.26 bits per heavy atom. The quantitative estimate of drug-likeness (QED) is 0.799. The molecule has 108 valence electrons. The van der Waals surface area contributed by atoms with Crippen molar-refractivity contribution in [1.29, 1.82) is 0 Å². The van der Waals surface area contributed by atoms with Crippen molar-refractivity contribution in [3.05, 3.63) is 0 Å². The minimum Gasteiger partial charge on any atom is -0.344 e. The standard InChI is InChI=1S/C14H24N2O3/c1-8(2)11(12(18)14(3,4)5)16-13(19)9-6-7-10(17)15-9/h8-9,11H,6-7H2,1-5H3,(H,15,17)(H,16,19). The van der Waals surface area contributed by atoms with Gasteiger partial charge in [0.2, 0.25) is 11.8 Å². The van der Waals surface area contributed by atoms with Gasteiger partial charge in [-0.3, -0.25) is 14.4 Å². The Kier molecular flexibility index (Phi) is 4.71. The van der Waals surface area contributed by atoms with Crippen LogP contribution in [0.4, 0.5) is 0 Å². The summed E-state index contributed by atoms with van der Waals surface area (Å²) in [6, 6.07) is -1.01. The molecular weight excluding hydrogens is 244 g/mol. The molecule has 2 amide bonds. The molecule has 0 aromatic heterocycles. The molecule has 19 heavy (non-hydrogen) atoms. The highest BCUT2D eigenvalue weighted by Crippen LogP contribution is 2.20. The number of carbonyl (C=O) groups is 3. The molecule has 1 aliphatic rings. The third-order valence-corrected chi connectivity index (χ3v) is 3.30. The Labute approximate surface area is 114 Å². The molecule has 1 aliphatic heterocycles. The summed E-state index contributed by atoms with van der Waals surface area (Å²) in [5.41, 5.74) is -0.499. The number of rotatable bonds is 4. The Hall–Kier alpha value is -1.39. The number of nitrogens with one attached hydrogen (secondary N) is 2. The maximum absolute atomic E-state index is 12.3. The fourth-order valence-corrected chi connectivity index (χ4v) is 2.07. The largest absolute Gasteiger partial charge is 0.344 e. The maximum atomic E-state index is 12.3. The average Bonchev–Trinajstić information content (AvgIpc) is 2.69. The molecule has 1 rings (SSSR count). The Morgan fingerprint density at radius 2 is 1.89 bits per heavy atom. The van der Waals surface area contributed by atoms with Crippen molar-refractivity contribution < 1.29 is 14.4 Å². The summed E-state index contributed by atoms with van der Waals surface area (Å²) in [6.45, 7) is 9.33. The first-order valence-corrected chi connectivity index (χ1v) is 6.77. The third kappa shape index (κ3) is 4.04. The van der Waals surface area contributed by atoms with Crippen molar-refractivity contribution >= 4 is 17.6 Å². The van der Waals surface area contributed by atoms with Crippen molar-refractivity contribution in [3.63, 3.8) is 0 Å².